The van der Waals surface area contributed by atoms with Crippen LogP contribution in [0.5, 0.6) is 17.2 Å². The highest BCUT2D eigenvalue weighted by atomic mass is 16.5. The van der Waals surface area contributed by atoms with Crippen molar-refractivity contribution >= 4 is 17.7 Å². The van der Waals surface area contributed by atoms with Crippen molar-refractivity contribution in [1.82, 2.24) is 15.5 Å². The average Bonchev–Trinajstić information content (AvgIpc) is 3.29. The van der Waals surface area contributed by atoms with Gasteiger partial charge in [-0.15, -0.1) is 0 Å². The third-order valence-corrected chi connectivity index (χ3v) is 6.78. The molecule has 2 fully saturated rings. The number of hydrogen-bond acceptors (Lipinski definition) is 6. The first-order chi connectivity index (χ1) is 16.9. The van der Waals surface area contributed by atoms with Crippen molar-refractivity contribution in [2.45, 2.75) is 31.8 Å². The quantitative estimate of drug-likeness (QED) is 0.506. The van der Waals surface area contributed by atoms with Crippen LogP contribution in [-0.2, 0) is 4.79 Å². The lowest BCUT2D eigenvalue weighted by Crippen LogP contribution is -2.49. The number of piperidine rings is 1. The Morgan fingerprint density at radius 3 is 2.31 bits per heavy atom. The Balaban J connectivity index is 1.34. The molecule has 0 aromatic heterocycles. The molecule has 0 spiro atoms. The lowest BCUT2D eigenvalue weighted by molar-refractivity contribution is -0.133. The molecule has 0 bridgehead atoms. The Hall–Kier alpha value is -3.75. The second kappa shape index (κ2) is 10.2. The molecule has 35 heavy (non-hydrogen) atoms. The number of benzene rings is 2. The average molecular weight is 482 g/mol. The number of carbonyl (C=O) groups excluding carboxylic acids is 3. The molecule has 2 aromatic carbocycles. The van der Waals surface area contributed by atoms with Crippen LogP contribution in [0.25, 0.3) is 0 Å². The Bertz CT molecular complexity index is 1090. The number of aromatic hydroxyl groups is 1. The fraction of sp³-hybridized carbons (Fsp3) is 0.423. The zero-order chi connectivity index (χ0) is 25.1. The van der Waals surface area contributed by atoms with Gasteiger partial charge in [-0.2, -0.15) is 0 Å². The molecule has 1 aliphatic carbocycles. The summed E-state index contributed by atoms with van der Waals surface area (Å²) in [6, 6.07) is 11.3. The van der Waals surface area contributed by atoms with E-state index in [0.717, 1.165) is 6.42 Å². The maximum Gasteiger partial charge on any atom is 0.255 e. The monoisotopic (exact) mass is 481 g/mol. The molecule has 2 aliphatic rings. The lowest BCUT2D eigenvalue weighted by Gasteiger charge is -2.26. The van der Waals surface area contributed by atoms with Crippen LogP contribution >= 0.6 is 0 Å². The Labute approximate surface area is 204 Å². The van der Waals surface area contributed by atoms with Gasteiger partial charge in [0, 0.05) is 36.5 Å². The normalized spacial score (nSPS) is 21.0. The van der Waals surface area contributed by atoms with E-state index in [1.54, 1.807) is 35.2 Å². The summed E-state index contributed by atoms with van der Waals surface area (Å²) in [6.45, 7) is 3.02. The fourth-order valence-electron chi connectivity index (χ4n) is 4.84. The third-order valence-electron chi connectivity index (χ3n) is 6.78. The Morgan fingerprint density at radius 1 is 1.03 bits per heavy atom. The van der Waals surface area contributed by atoms with Gasteiger partial charge < -0.3 is 30.1 Å². The first-order valence-corrected chi connectivity index (χ1v) is 11.8. The number of hydrogen-bond donors (Lipinski definition) is 3. The SMILES string of the molecule is CCC[C@H](NC(=O)c1ccccc1)C(=O)N1C[C@H]2C(NC(=O)c3ccc(OC)c(OC)c3O)[C@@H]2C1. The summed E-state index contributed by atoms with van der Waals surface area (Å²) in [7, 11) is 2.85. The lowest BCUT2D eigenvalue weighted by atomic mass is 10.1. The van der Waals surface area contributed by atoms with Gasteiger partial charge in [0.25, 0.3) is 11.8 Å². The smallest absolute Gasteiger partial charge is 0.255 e. The summed E-state index contributed by atoms with van der Waals surface area (Å²) in [4.78, 5) is 40.3. The van der Waals surface area contributed by atoms with Gasteiger partial charge in [0.1, 0.15) is 6.04 Å². The van der Waals surface area contributed by atoms with E-state index in [4.69, 9.17) is 9.47 Å². The largest absolute Gasteiger partial charge is 0.504 e. The maximum absolute atomic E-state index is 13.2. The summed E-state index contributed by atoms with van der Waals surface area (Å²) in [6.07, 6.45) is 1.32. The molecule has 1 saturated heterocycles. The second-order valence-electron chi connectivity index (χ2n) is 8.95. The number of rotatable bonds is 9. The van der Waals surface area contributed by atoms with Crippen LogP contribution < -0.4 is 20.1 Å². The summed E-state index contributed by atoms with van der Waals surface area (Å²) in [5.41, 5.74) is 0.624. The number of nitrogens with zero attached hydrogens (tertiary/aromatic N) is 1. The van der Waals surface area contributed by atoms with E-state index in [1.165, 1.54) is 20.3 Å². The molecular formula is C26H31N3O6. The zero-order valence-corrected chi connectivity index (χ0v) is 20.1. The predicted molar refractivity (Wildman–Crippen MR) is 129 cm³/mol. The minimum Gasteiger partial charge on any atom is -0.504 e. The molecule has 1 saturated carbocycles. The van der Waals surface area contributed by atoms with Crippen LogP contribution in [0.3, 0.4) is 0 Å². The molecule has 1 aliphatic heterocycles. The van der Waals surface area contributed by atoms with Crippen LogP contribution in [0.1, 0.15) is 40.5 Å². The van der Waals surface area contributed by atoms with E-state index in [0.29, 0.717) is 30.8 Å². The number of methoxy groups -OCH3 is 2. The van der Waals surface area contributed by atoms with Crippen molar-refractivity contribution in [2.24, 2.45) is 11.8 Å². The van der Waals surface area contributed by atoms with Gasteiger partial charge >= 0.3 is 0 Å². The molecule has 0 unspecified atom stereocenters. The van der Waals surface area contributed by atoms with Crippen molar-refractivity contribution in [2.75, 3.05) is 27.3 Å². The third kappa shape index (κ3) is 4.89. The molecule has 9 heteroatoms. The number of fused-ring (bicyclic) bond motifs is 1. The van der Waals surface area contributed by atoms with Gasteiger partial charge in [-0.3, -0.25) is 14.4 Å². The predicted octanol–water partition coefficient (Wildman–Crippen LogP) is 2.19. The highest BCUT2D eigenvalue weighted by Crippen LogP contribution is 2.46. The minimum atomic E-state index is -0.582. The standard InChI is InChI=1S/C26H31N3O6/c1-4-8-19(27-24(31)15-9-6-5-7-10-15)26(33)29-13-17-18(14-29)21(17)28-25(32)16-11-12-20(34-2)23(35-3)22(16)30/h5-7,9-12,17-19,21,30H,4,8,13-14H2,1-3H3,(H,27,31)(H,28,32)/t17-,18-,19+/m1/s1. The number of nitrogens with one attached hydrogen (secondary N) is 2. The number of carbonyl (C=O) groups is 3. The summed E-state index contributed by atoms with van der Waals surface area (Å²) in [5.74, 6) is -0.294. The molecule has 3 N–H and O–H groups in total. The van der Waals surface area contributed by atoms with Crippen LogP contribution in [0.4, 0.5) is 0 Å². The van der Waals surface area contributed by atoms with Crippen LogP contribution in [0, 0.1) is 11.8 Å². The molecule has 186 valence electrons. The number of ether oxygens (including phenoxy) is 2. The molecule has 4 rings (SSSR count). The van der Waals surface area contributed by atoms with Gasteiger partial charge in [-0.25, -0.2) is 0 Å². The second-order valence-corrected chi connectivity index (χ2v) is 8.95. The van der Waals surface area contributed by atoms with E-state index in [2.05, 4.69) is 10.6 Å². The highest BCUT2D eigenvalue weighted by molar-refractivity contribution is 5.99. The number of amides is 3. The van der Waals surface area contributed by atoms with Crippen LogP contribution in [0.2, 0.25) is 0 Å². The fourth-order valence-corrected chi connectivity index (χ4v) is 4.84. The van der Waals surface area contributed by atoms with Crippen LogP contribution in [-0.4, -0.2) is 67.1 Å². The van der Waals surface area contributed by atoms with Crippen molar-refractivity contribution in [1.29, 1.82) is 0 Å². The summed E-state index contributed by atoms with van der Waals surface area (Å²) in [5, 5.41) is 16.3. The van der Waals surface area contributed by atoms with Crippen molar-refractivity contribution in [3.8, 4) is 17.2 Å². The zero-order valence-electron chi connectivity index (χ0n) is 20.1. The number of phenols is 1. The molecule has 1 heterocycles. The van der Waals surface area contributed by atoms with Crippen molar-refractivity contribution in [3.05, 3.63) is 53.6 Å². The maximum atomic E-state index is 13.2. The van der Waals surface area contributed by atoms with E-state index in [9.17, 15) is 19.5 Å². The van der Waals surface area contributed by atoms with E-state index in [-0.39, 0.29) is 46.8 Å². The summed E-state index contributed by atoms with van der Waals surface area (Å²) >= 11 is 0. The molecule has 2 aromatic rings. The van der Waals surface area contributed by atoms with Crippen molar-refractivity contribution < 1.29 is 29.0 Å². The molecular weight excluding hydrogens is 450 g/mol. The first-order valence-electron chi connectivity index (χ1n) is 11.8. The van der Waals surface area contributed by atoms with Gasteiger partial charge in [-0.05, 0) is 30.7 Å². The van der Waals surface area contributed by atoms with Gasteiger partial charge in [0.05, 0.1) is 19.8 Å². The summed E-state index contributed by atoms with van der Waals surface area (Å²) < 4.78 is 10.3. The van der Waals surface area contributed by atoms with E-state index < -0.39 is 11.9 Å². The molecule has 3 atom stereocenters. The van der Waals surface area contributed by atoms with E-state index >= 15 is 0 Å². The highest BCUT2D eigenvalue weighted by Gasteiger charge is 2.58. The van der Waals surface area contributed by atoms with Gasteiger partial charge in [-0.1, -0.05) is 31.5 Å². The molecule has 3 amide bonds. The topological polar surface area (TPSA) is 117 Å². The van der Waals surface area contributed by atoms with E-state index in [1.807, 2.05) is 13.0 Å². The number of likely N-dealkylation sites (tertiary alicyclic amines) is 1. The Morgan fingerprint density at radius 2 is 1.71 bits per heavy atom. The molecule has 0 radical (unpaired) electrons. The van der Waals surface area contributed by atoms with Crippen molar-refractivity contribution in [3.63, 3.8) is 0 Å². The van der Waals surface area contributed by atoms with Crippen LogP contribution in [0.15, 0.2) is 42.5 Å². The minimum absolute atomic E-state index is 0.0671. The Kier molecular flexibility index (Phi) is 7.14. The van der Waals surface area contributed by atoms with Gasteiger partial charge in [0.15, 0.2) is 11.5 Å². The van der Waals surface area contributed by atoms with Gasteiger partial charge in [0.2, 0.25) is 11.7 Å². The number of phenolic OH excluding ortho intramolecular Hbond substituents is 1. The molecule has 9 nitrogen and oxygen atoms in total. The first kappa shape index (κ1) is 24.4.